The Bertz CT molecular complexity index is 1030. The van der Waals surface area contributed by atoms with Gasteiger partial charge in [0, 0.05) is 43.3 Å². The highest BCUT2D eigenvalue weighted by Gasteiger charge is 2.21. The number of amides is 1. The quantitative estimate of drug-likeness (QED) is 0.647. The molecule has 0 spiro atoms. The number of aryl methyl sites for hydroxylation is 1. The lowest BCUT2D eigenvalue weighted by Gasteiger charge is -2.36. The van der Waals surface area contributed by atoms with Crippen molar-refractivity contribution in [1.82, 2.24) is 9.88 Å². The van der Waals surface area contributed by atoms with Crippen LogP contribution in [0, 0.1) is 13.8 Å². The first-order chi connectivity index (χ1) is 13.6. The number of carbonyl (C=O) groups is 1. The fourth-order valence-electron chi connectivity index (χ4n) is 3.68. The Kier molecular flexibility index (Phi) is 5.11. The van der Waals surface area contributed by atoms with Crippen molar-refractivity contribution in [2.75, 3.05) is 31.1 Å². The van der Waals surface area contributed by atoms with E-state index < -0.39 is 0 Å². The molecule has 1 amide bonds. The van der Waals surface area contributed by atoms with Gasteiger partial charge in [0.1, 0.15) is 0 Å². The Morgan fingerprint density at radius 3 is 2.54 bits per heavy atom. The van der Waals surface area contributed by atoms with Crippen molar-refractivity contribution in [2.24, 2.45) is 0 Å². The van der Waals surface area contributed by atoms with E-state index >= 15 is 0 Å². The molecule has 2 aromatic carbocycles. The maximum atomic E-state index is 12.6. The average Bonchev–Trinajstić information content (AvgIpc) is 2.74. The second-order valence-corrected chi connectivity index (χ2v) is 7.29. The number of aromatic nitrogens is 1. The molecule has 0 saturated carbocycles. The van der Waals surface area contributed by atoms with Crippen molar-refractivity contribution in [3.05, 3.63) is 77.5 Å². The van der Waals surface area contributed by atoms with Crippen molar-refractivity contribution in [3.8, 4) is 0 Å². The molecule has 4 rings (SSSR count). The Morgan fingerprint density at radius 1 is 0.929 bits per heavy atom. The Labute approximate surface area is 166 Å². The molecule has 1 fully saturated rings. The summed E-state index contributed by atoms with van der Waals surface area (Å²) < 4.78 is 0. The molecule has 28 heavy (non-hydrogen) atoms. The molecular formula is C24H25N3O. The van der Waals surface area contributed by atoms with E-state index in [1.54, 1.807) is 6.08 Å². The third kappa shape index (κ3) is 3.77. The molecule has 0 N–H and O–H groups in total. The van der Waals surface area contributed by atoms with Gasteiger partial charge in [0.05, 0.1) is 11.2 Å². The Hall–Kier alpha value is -3.14. The van der Waals surface area contributed by atoms with Crippen molar-refractivity contribution in [2.45, 2.75) is 13.8 Å². The van der Waals surface area contributed by atoms with Crippen molar-refractivity contribution < 1.29 is 4.79 Å². The lowest BCUT2D eigenvalue weighted by Crippen LogP contribution is -2.48. The van der Waals surface area contributed by atoms with E-state index in [4.69, 9.17) is 0 Å². The number of fused-ring (bicyclic) bond motifs is 1. The van der Waals surface area contributed by atoms with E-state index in [2.05, 4.69) is 41.9 Å². The zero-order chi connectivity index (χ0) is 19.5. The van der Waals surface area contributed by atoms with Gasteiger partial charge in [0.2, 0.25) is 5.91 Å². The monoisotopic (exact) mass is 371 g/mol. The summed E-state index contributed by atoms with van der Waals surface area (Å²) in [5.74, 6) is 0.0515. The number of carbonyl (C=O) groups excluding carboxylic acids is 1. The van der Waals surface area contributed by atoms with Crippen LogP contribution in [0.3, 0.4) is 0 Å². The summed E-state index contributed by atoms with van der Waals surface area (Å²) in [6, 6.07) is 18.4. The van der Waals surface area contributed by atoms with Crippen molar-refractivity contribution in [3.63, 3.8) is 0 Å². The maximum absolute atomic E-state index is 12.6. The summed E-state index contributed by atoms with van der Waals surface area (Å²) in [7, 11) is 0. The number of rotatable bonds is 3. The van der Waals surface area contributed by atoms with Crippen molar-refractivity contribution in [1.29, 1.82) is 0 Å². The standard InChI is InChI=1S/C24H25N3O/c1-18-6-5-9-23(19(18)2)26-14-16-27(17-15-26)24(28)13-12-21-11-10-20-7-3-4-8-22(20)25-21/h3-13H,14-17H2,1-2H3/b13-12+. The van der Waals surface area contributed by atoms with Gasteiger partial charge in [-0.1, -0.05) is 36.4 Å². The molecule has 1 saturated heterocycles. The molecule has 1 aliphatic rings. The average molecular weight is 371 g/mol. The number of pyridine rings is 1. The van der Waals surface area contributed by atoms with Gasteiger partial charge in [-0.2, -0.15) is 0 Å². The summed E-state index contributed by atoms with van der Waals surface area (Å²) in [5, 5.41) is 1.11. The molecule has 1 aliphatic heterocycles. The van der Waals surface area contributed by atoms with Crippen LogP contribution >= 0.6 is 0 Å². The predicted octanol–water partition coefficient (Wildman–Crippen LogP) is 4.21. The molecule has 0 unspecified atom stereocenters. The summed E-state index contributed by atoms with van der Waals surface area (Å²) >= 11 is 0. The first-order valence-corrected chi connectivity index (χ1v) is 9.76. The summed E-state index contributed by atoms with van der Waals surface area (Å²) in [6.45, 7) is 7.51. The molecule has 3 aromatic rings. The summed E-state index contributed by atoms with van der Waals surface area (Å²) in [5.41, 5.74) is 5.66. The van der Waals surface area contributed by atoms with Gasteiger partial charge in [0.15, 0.2) is 0 Å². The minimum atomic E-state index is 0.0515. The number of nitrogens with zero attached hydrogens (tertiary/aromatic N) is 3. The number of anilines is 1. The molecule has 0 bridgehead atoms. The molecule has 1 aromatic heterocycles. The predicted molar refractivity (Wildman–Crippen MR) is 115 cm³/mol. The van der Waals surface area contributed by atoms with E-state index in [0.717, 1.165) is 42.8 Å². The lowest BCUT2D eigenvalue weighted by molar-refractivity contribution is -0.126. The van der Waals surface area contributed by atoms with E-state index in [1.165, 1.54) is 16.8 Å². The molecular weight excluding hydrogens is 346 g/mol. The van der Waals surface area contributed by atoms with E-state index in [9.17, 15) is 4.79 Å². The number of hydrogen-bond acceptors (Lipinski definition) is 3. The first-order valence-electron chi connectivity index (χ1n) is 9.76. The molecule has 0 radical (unpaired) electrons. The van der Waals surface area contributed by atoms with Gasteiger partial charge in [-0.05, 0) is 49.2 Å². The van der Waals surface area contributed by atoms with Crippen LogP contribution in [0.5, 0.6) is 0 Å². The fraction of sp³-hybridized carbons (Fsp3) is 0.250. The highest BCUT2D eigenvalue weighted by Crippen LogP contribution is 2.24. The van der Waals surface area contributed by atoms with Crippen LogP contribution in [-0.4, -0.2) is 42.0 Å². The second-order valence-electron chi connectivity index (χ2n) is 7.29. The van der Waals surface area contributed by atoms with Crippen LogP contribution in [-0.2, 0) is 4.79 Å². The van der Waals surface area contributed by atoms with Crippen LogP contribution < -0.4 is 4.90 Å². The highest BCUT2D eigenvalue weighted by molar-refractivity contribution is 5.92. The molecule has 0 aliphatic carbocycles. The normalized spacial score (nSPS) is 14.8. The molecule has 0 atom stereocenters. The van der Waals surface area contributed by atoms with Crippen LogP contribution in [0.15, 0.2) is 60.7 Å². The van der Waals surface area contributed by atoms with Gasteiger partial charge < -0.3 is 9.80 Å². The lowest BCUT2D eigenvalue weighted by atomic mass is 10.1. The minimum Gasteiger partial charge on any atom is -0.368 e. The SMILES string of the molecule is Cc1cccc(N2CCN(C(=O)/C=C/c3ccc4ccccc4n3)CC2)c1C. The van der Waals surface area contributed by atoms with E-state index in [1.807, 2.05) is 47.4 Å². The van der Waals surface area contributed by atoms with Crippen LogP contribution in [0.25, 0.3) is 17.0 Å². The molecule has 2 heterocycles. The fourth-order valence-corrected chi connectivity index (χ4v) is 3.68. The Morgan fingerprint density at radius 2 is 1.71 bits per heavy atom. The van der Waals surface area contributed by atoms with E-state index in [-0.39, 0.29) is 5.91 Å². The smallest absolute Gasteiger partial charge is 0.246 e. The van der Waals surface area contributed by atoms with Gasteiger partial charge in [0.25, 0.3) is 0 Å². The zero-order valence-electron chi connectivity index (χ0n) is 16.4. The Balaban J connectivity index is 1.39. The molecule has 4 nitrogen and oxygen atoms in total. The van der Waals surface area contributed by atoms with Crippen molar-refractivity contribution >= 4 is 28.6 Å². The van der Waals surface area contributed by atoms with Gasteiger partial charge in [-0.25, -0.2) is 4.98 Å². The largest absolute Gasteiger partial charge is 0.368 e. The topological polar surface area (TPSA) is 36.4 Å². The van der Waals surface area contributed by atoms with Crippen LogP contribution in [0.4, 0.5) is 5.69 Å². The highest BCUT2D eigenvalue weighted by atomic mass is 16.2. The number of para-hydroxylation sites is 1. The number of piperazine rings is 1. The van der Waals surface area contributed by atoms with Crippen LogP contribution in [0.2, 0.25) is 0 Å². The van der Waals surface area contributed by atoms with Gasteiger partial charge in [-0.15, -0.1) is 0 Å². The third-order valence-corrected chi connectivity index (χ3v) is 5.52. The third-order valence-electron chi connectivity index (χ3n) is 5.52. The number of hydrogen-bond donors (Lipinski definition) is 0. The summed E-state index contributed by atoms with van der Waals surface area (Å²) in [4.78, 5) is 21.5. The van der Waals surface area contributed by atoms with Crippen LogP contribution in [0.1, 0.15) is 16.8 Å². The maximum Gasteiger partial charge on any atom is 0.246 e. The zero-order valence-corrected chi connectivity index (χ0v) is 16.4. The summed E-state index contributed by atoms with van der Waals surface area (Å²) in [6.07, 6.45) is 3.45. The van der Waals surface area contributed by atoms with Gasteiger partial charge >= 0.3 is 0 Å². The minimum absolute atomic E-state index is 0.0515. The van der Waals surface area contributed by atoms with Gasteiger partial charge in [-0.3, -0.25) is 4.79 Å². The number of benzene rings is 2. The molecule has 4 heteroatoms. The molecule has 142 valence electrons. The first kappa shape index (κ1) is 18.2. The van der Waals surface area contributed by atoms with E-state index in [0.29, 0.717) is 0 Å². The second kappa shape index (κ2) is 7.85.